The second-order valence-electron chi connectivity index (χ2n) is 6.36. The predicted molar refractivity (Wildman–Crippen MR) is 98.3 cm³/mol. The maximum absolute atomic E-state index is 12.5. The number of ether oxygens (including phenoxy) is 1. The van der Waals surface area contributed by atoms with Gasteiger partial charge in [0.25, 0.3) is 0 Å². The first-order valence-corrected chi connectivity index (χ1v) is 8.55. The van der Waals surface area contributed by atoms with Crippen LogP contribution in [0.1, 0.15) is 5.56 Å². The molecule has 2 amide bonds. The first-order chi connectivity index (χ1) is 11.4. The number of nitrogens with one attached hydrogen (secondary N) is 1. The Morgan fingerprint density at radius 3 is 2.54 bits per heavy atom. The molecule has 1 aromatic rings. The summed E-state index contributed by atoms with van der Waals surface area (Å²) in [4.78, 5) is 18.9. The number of hydrogen-bond acceptors (Lipinski definition) is 4. The summed E-state index contributed by atoms with van der Waals surface area (Å²) in [6, 6.07) is 3.47. The Bertz CT molecular complexity index is 572. The van der Waals surface area contributed by atoms with Crippen molar-refractivity contribution in [3.05, 3.63) is 22.7 Å². The smallest absolute Gasteiger partial charge is 0.322 e. The summed E-state index contributed by atoms with van der Waals surface area (Å²) in [5, 5.41) is 3.57. The number of halogens is 1. The molecule has 1 fully saturated rings. The zero-order chi connectivity index (χ0) is 17.7. The van der Waals surface area contributed by atoms with Crippen LogP contribution in [0, 0.1) is 6.92 Å². The summed E-state index contributed by atoms with van der Waals surface area (Å²) in [5.74, 6) is 0.573. The van der Waals surface area contributed by atoms with Crippen LogP contribution in [-0.2, 0) is 0 Å². The number of likely N-dealkylation sites (N-methyl/N-ethyl adjacent to an activating group) is 1. The second kappa shape index (κ2) is 8.55. The molecular weight excluding hydrogens is 328 g/mol. The van der Waals surface area contributed by atoms with E-state index in [1.54, 1.807) is 13.2 Å². The van der Waals surface area contributed by atoms with Gasteiger partial charge in [0.2, 0.25) is 0 Å². The Hall–Kier alpha value is -1.50. The van der Waals surface area contributed by atoms with Gasteiger partial charge in [-0.15, -0.1) is 0 Å². The van der Waals surface area contributed by atoms with Gasteiger partial charge in [-0.25, -0.2) is 4.79 Å². The van der Waals surface area contributed by atoms with Crippen LogP contribution < -0.4 is 10.1 Å². The van der Waals surface area contributed by atoms with Crippen molar-refractivity contribution >= 4 is 23.3 Å². The lowest BCUT2D eigenvalue weighted by Gasteiger charge is -2.35. The molecule has 24 heavy (non-hydrogen) atoms. The third kappa shape index (κ3) is 5.00. The zero-order valence-electron chi connectivity index (χ0n) is 14.9. The molecular formula is C17H27ClN4O2. The van der Waals surface area contributed by atoms with E-state index in [4.69, 9.17) is 16.3 Å². The number of urea groups is 1. The molecule has 134 valence electrons. The highest BCUT2D eigenvalue weighted by Gasteiger charge is 2.22. The van der Waals surface area contributed by atoms with Crippen LogP contribution in [-0.4, -0.2) is 81.2 Å². The number of nitrogens with zero attached hydrogens (tertiary/aromatic N) is 3. The SMILES string of the molecule is COc1cc(Cl)c(C)cc1NC(=O)N1CCN(CCN(C)C)CC1. The predicted octanol–water partition coefficient (Wildman–Crippen LogP) is 2.37. The molecule has 1 aliphatic rings. The van der Waals surface area contributed by atoms with Crippen molar-refractivity contribution in [2.45, 2.75) is 6.92 Å². The Morgan fingerprint density at radius 2 is 1.96 bits per heavy atom. The summed E-state index contributed by atoms with van der Waals surface area (Å²) < 4.78 is 5.31. The van der Waals surface area contributed by atoms with Gasteiger partial charge in [-0.1, -0.05) is 11.6 Å². The van der Waals surface area contributed by atoms with Crippen LogP contribution in [0.25, 0.3) is 0 Å². The van der Waals surface area contributed by atoms with E-state index >= 15 is 0 Å². The fraction of sp³-hybridized carbons (Fsp3) is 0.588. The third-order valence-corrected chi connectivity index (χ3v) is 4.65. The molecule has 0 aliphatic carbocycles. The number of carbonyl (C=O) groups is 1. The van der Waals surface area contributed by atoms with E-state index in [0.717, 1.165) is 44.8 Å². The lowest BCUT2D eigenvalue weighted by molar-refractivity contribution is 0.140. The largest absolute Gasteiger partial charge is 0.495 e. The van der Waals surface area contributed by atoms with Crippen molar-refractivity contribution in [1.82, 2.24) is 14.7 Å². The first-order valence-electron chi connectivity index (χ1n) is 8.18. The normalized spacial score (nSPS) is 15.7. The average molecular weight is 355 g/mol. The molecule has 1 aliphatic heterocycles. The van der Waals surface area contributed by atoms with E-state index in [1.165, 1.54) is 0 Å². The van der Waals surface area contributed by atoms with Gasteiger partial charge in [0.15, 0.2) is 0 Å². The Labute approximate surface area is 149 Å². The minimum Gasteiger partial charge on any atom is -0.495 e. The van der Waals surface area contributed by atoms with Crippen molar-refractivity contribution < 1.29 is 9.53 Å². The topological polar surface area (TPSA) is 48.1 Å². The van der Waals surface area contributed by atoms with Crippen molar-refractivity contribution in [1.29, 1.82) is 0 Å². The average Bonchev–Trinajstić information content (AvgIpc) is 2.56. The molecule has 0 bridgehead atoms. The van der Waals surface area contributed by atoms with E-state index in [9.17, 15) is 4.79 Å². The van der Waals surface area contributed by atoms with Gasteiger partial charge in [0.1, 0.15) is 5.75 Å². The number of benzene rings is 1. The third-order valence-electron chi connectivity index (χ3n) is 4.25. The summed E-state index contributed by atoms with van der Waals surface area (Å²) >= 11 is 6.11. The van der Waals surface area contributed by atoms with Crippen LogP contribution >= 0.6 is 11.6 Å². The fourth-order valence-electron chi connectivity index (χ4n) is 2.64. The molecule has 0 spiro atoms. The van der Waals surface area contributed by atoms with Crippen LogP contribution in [0.4, 0.5) is 10.5 Å². The summed E-state index contributed by atoms with van der Waals surface area (Å²) in [6.45, 7) is 7.24. The van der Waals surface area contributed by atoms with Crippen LogP contribution in [0.15, 0.2) is 12.1 Å². The minimum atomic E-state index is -0.0951. The minimum absolute atomic E-state index is 0.0951. The van der Waals surface area contributed by atoms with E-state index in [1.807, 2.05) is 17.9 Å². The van der Waals surface area contributed by atoms with Gasteiger partial charge in [0.05, 0.1) is 12.8 Å². The maximum Gasteiger partial charge on any atom is 0.322 e. The van der Waals surface area contributed by atoms with Crippen LogP contribution in [0.2, 0.25) is 5.02 Å². The number of piperazine rings is 1. The highest BCUT2D eigenvalue weighted by molar-refractivity contribution is 6.31. The number of anilines is 1. The summed E-state index contributed by atoms with van der Waals surface area (Å²) in [7, 11) is 5.72. The molecule has 1 heterocycles. The number of amides is 2. The Morgan fingerprint density at radius 1 is 1.29 bits per heavy atom. The molecule has 0 saturated carbocycles. The second-order valence-corrected chi connectivity index (χ2v) is 6.77. The number of aryl methyl sites for hydroxylation is 1. The molecule has 1 N–H and O–H groups in total. The molecule has 1 aromatic carbocycles. The highest BCUT2D eigenvalue weighted by atomic mass is 35.5. The summed E-state index contributed by atoms with van der Waals surface area (Å²) in [5.41, 5.74) is 1.56. The van der Waals surface area contributed by atoms with E-state index < -0.39 is 0 Å². The van der Waals surface area contributed by atoms with Crippen molar-refractivity contribution in [2.75, 3.05) is 65.8 Å². The quantitative estimate of drug-likeness (QED) is 0.882. The zero-order valence-corrected chi connectivity index (χ0v) is 15.7. The van der Waals surface area contributed by atoms with Gasteiger partial charge in [-0.3, -0.25) is 4.90 Å². The lowest BCUT2D eigenvalue weighted by atomic mass is 10.2. The van der Waals surface area contributed by atoms with Crippen LogP contribution in [0.5, 0.6) is 5.75 Å². The monoisotopic (exact) mass is 354 g/mol. The molecule has 0 unspecified atom stereocenters. The van der Waals surface area contributed by atoms with Gasteiger partial charge in [-0.2, -0.15) is 0 Å². The highest BCUT2D eigenvalue weighted by Crippen LogP contribution is 2.31. The molecule has 6 nitrogen and oxygen atoms in total. The Kier molecular flexibility index (Phi) is 6.71. The van der Waals surface area contributed by atoms with Crippen molar-refractivity contribution in [3.8, 4) is 5.75 Å². The number of carbonyl (C=O) groups excluding carboxylic acids is 1. The fourth-order valence-corrected chi connectivity index (χ4v) is 2.79. The summed E-state index contributed by atoms with van der Waals surface area (Å²) in [6.07, 6.45) is 0. The van der Waals surface area contributed by atoms with Gasteiger partial charge in [-0.05, 0) is 32.6 Å². The van der Waals surface area contributed by atoms with Crippen molar-refractivity contribution in [3.63, 3.8) is 0 Å². The number of rotatable bonds is 5. The number of methoxy groups -OCH3 is 1. The molecule has 0 radical (unpaired) electrons. The van der Waals surface area contributed by atoms with Gasteiger partial charge in [0, 0.05) is 50.4 Å². The first kappa shape index (κ1) is 18.8. The Balaban J connectivity index is 1.91. The standard InChI is InChI=1S/C17H27ClN4O2/c1-13-11-15(16(24-4)12-14(13)18)19-17(23)22-9-7-21(8-10-22)6-5-20(2)3/h11-12H,5-10H2,1-4H3,(H,19,23). The van der Waals surface area contributed by atoms with Gasteiger partial charge < -0.3 is 19.9 Å². The molecule has 0 aromatic heterocycles. The van der Waals surface area contributed by atoms with E-state index in [-0.39, 0.29) is 6.03 Å². The number of hydrogen-bond donors (Lipinski definition) is 1. The van der Waals surface area contributed by atoms with Crippen molar-refractivity contribution in [2.24, 2.45) is 0 Å². The molecule has 7 heteroatoms. The van der Waals surface area contributed by atoms with E-state index in [2.05, 4.69) is 29.2 Å². The lowest BCUT2D eigenvalue weighted by Crippen LogP contribution is -2.51. The maximum atomic E-state index is 12.5. The van der Waals surface area contributed by atoms with Crippen LogP contribution in [0.3, 0.4) is 0 Å². The molecule has 2 rings (SSSR count). The molecule has 1 saturated heterocycles. The van der Waals surface area contributed by atoms with E-state index in [0.29, 0.717) is 16.5 Å². The van der Waals surface area contributed by atoms with Gasteiger partial charge >= 0.3 is 6.03 Å². The molecule has 0 atom stereocenters.